The van der Waals surface area contributed by atoms with E-state index in [2.05, 4.69) is 20.1 Å². The average Bonchev–Trinajstić information content (AvgIpc) is 3.47. The molecule has 0 bridgehead atoms. The summed E-state index contributed by atoms with van der Waals surface area (Å²) in [5, 5.41) is 6.81. The molecule has 180 valence electrons. The molecule has 0 saturated heterocycles. The van der Waals surface area contributed by atoms with E-state index in [1.807, 2.05) is 30.3 Å². The fraction of sp³-hybridized carbons (Fsp3) is 0.0800. The van der Waals surface area contributed by atoms with Crippen molar-refractivity contribution in [2.75, 3.05) is 0 Å². The average molecular weight is 490 g/mol. The second kappa shape index (κ2) is 9.19. The van der Waals surface area contributed by atoms with Gasteiger partial charge in [-0.1, -0.05) is 54.6 Å². The monoisotopic (exact) mass is 490 g/mol. The number of nitrogens with one attached hydrogen (secondary N) is 1. The van der Waals surface area contributed by atoms with Gasteiger partial charge in [0, 0.05) is 21.8 Å². The fourth-order valence-corrected chi connectivity index (χ4v) is 3.73. The van der Waals surface area contributed by atoms with Crippen molar-refractivity contribution >= 4 is 17.1 Å². The Balaban J connectivity index is 1.60. The highest BCUT2D eigenvalue weighted by Crippen LogP contribution is 2.34. The van der Waals surface area contributed by atoms with Crippen molar-refractivity contribution < 1.29 is 23.0 Å². The van der Waals surface area contributed by atoms with Crippen molar-refractivity contribution in [2.24, 2.45) is 5.73 Å². The lowest BCUT2D eigenvalue weighted by Crippen LogP contribution is -2.40. The van der Waals surface area contributed by atoms with Gasteiger partial charge in [-0.05, 0) is 23.8 Å². The molecule has 3 heterocycles. The number of rotatable bonds is 6. The van der Waals surface area contributed by atoms with E-state index in [-0.39, 0.29) is 5.56 Å². The number of hydrogen-bond acceptors (Lipinski definition) is 7. The number of pyridine rings is 1. The summed E-state index contributed by atoms with van der Waals surface area (Å²) in [6.45, 7) is 0. The van der Waals surface area contributed by atoms with Gasteiger partial charge in [0.1, 0.15) is 11.6 Å². The summed E-state index contributed by atoms with van der Waals surface area (Å²) in [6, 6.07) is 18.2. The summed E-state index contributed by atoms with van der Waals surface area (Å²) in [4.78, 5) is 27.9. The first-order chi connectivity index (χ1) is 17.4. The highest BCUT2D eigenvalue weighted by molar-refractivity contribution is 5.85. The van der Waals surface area contributed by atoms with Crippen LogP contribution in [-0.2, 0) is 9.74 Å². The molecule has 0 aliphatic rings. The molecule has 2 aromatic carbocycles. The predicted molar refractivity (Wildman–Crippen MR) is 125 cm³/mol. The Morgan fingerprint density at radius 3 is 2.25 bits per heavy atom. The van der Waals surface area contributed by atoms with Gasteiger partial charge in [-0.3, -0.25) is 5.10 Å². The third-order valence-corrected chi connectivity index (χ3v) is 5.63. The summed E-state index contributed by atoms with van der Waals surface area (Å²) in [5.41, 5.74) is 10.1. The summed E-state index contributed by atoms with van der Waals surface area (Å²) >= 11 is 0. The maximum Gasteiger partial charge on any atom is 0.419 e. The zero-order valence-electron chi connectivity index (χ0n) is 18.4. The van der Waals surface area contributed by atoms with Crippen LogP contribution in [0.25, 0.3) is 45.1 Å². The molecule has 0 fully saturated rings. The number of halogens is 3. The van der Waals surface area contributed by atoms with Gasteiger partial charge in [0.05, 0.1) is 22.8 Å². The van der Waals surface area contributed by atoms with E-state index < -0.39 is 17.9 Å². The Bertz CT molecular complexity index is 1530. The van der Waals surface area contributed by atoms with Crippen LogP contribution in [0.4, 0.5) is 13.3 Å². The highest BCUT2D eigenvalue weighted by atomic mass is 19.3. The fourth-order valence-electron chi connectivity index (χ4n) is 3.73. The van der Waals surface area contributed by atoms with Crippen LogP contribution < -0.4 is 5.73 Å². The number of carbonyl (C=O) groups is 1. The molecule has 0 saturated carbocycles. The highest BCUT2D eigenvalue weighted by Gasteiger charge is 2.49. The van der Waals surface area contributed by atoms with Crippen molar-refractivity contribution in [3.05, 3.63) is 84.6 Å². The topological polar surface area (TPSA) is 120 Å². The number of carbonyl (C=O) groups excluding carboxylic acids is 1. The molecule has 3 N–H and O–H groups in total. The summed E-state index contributed by atoms with van der Waals surface area (Å²) in [7, 11) is 0. The third kappa shape index (κ3) is 4.16. The number of alkyl halides is 2. The largest absolute Gasteiger partial charge is 0.419 e. The van der Waals surface area contributed by atoms with Gasteiger partial charge < -0.3 is 5.73 Å². The van der Waals surface area contributed by atoms with Crippen molar-refractivity contribution in [1.29, 1.82) is 0 Å². The lowest BCUT2D eigenvalue weighted by Gasteiger charge is -2.20. The lowest BCUT2D eigenvalue weighted by atomic mass is 9.98. The number of benzene rings is 2. The van der Waals surface area contributed by atoms with E-state index in [1.165, 1.54) is 24.3 Å². The maximum atomic E-state index is 14.0. The van der Waals surface area contributed by atoms with Gasteiger partial charge in [-0.2, -0.15) is 13.9 Å². The molecule has 1 unspecified atom stereocenters. The Hall–Kier alpha value is -4.64. The number of nitrogens with zero attached hydrogens (tertiary/aromatic N) is 4. The van der Waals surface area contributed by atoms with E-state index in [0.29, 0.717) is 33.8 Å². The Morgan fingerprint density at radius 2 is 1.58 bits per heavy atom. The molecule has 8 nitrogen and oxygen atoms in total. The van der Waals surface area contributed by atoms with Crippen LogP contribution >= 0.6 is 0 Å². The second-order valence-electron chi connectivity index (χ2n) is 7.88. The van der Waals surface area contributed by atoms with E-state index >= 15 is 0 Å². The van der Waals surface area contributed by atoms with E-state index in [1.54, 1.807) is 24.4 Å². The maximum absolute atomic E-state index is 14.0. The van der Waals surface area contributed by atoms with Gasteiger partial charge in [0.2, 0.25) is 0 Å². The van der Waals surface area contributed by atoms with Crippen LogP contribution in [-0.4, -0.2) is 37.0 Å². The Kier molecular flexibility index (Phi) is 5.90. The van der Waals surface area contributed by atoms with Crippen LogP contribution in [0.5, 0.6) is 0 Å². The van der Waals surface area contributed by atoms with Crippen LogP contribution in [0.1, 0.15) is 11.6 Å². The molecule has 0 aliphatic carbocycles. The number of H-pyrrole nitrogens is 1. The lowest BCUT2D eigenvalue weighted by molar-refractivity contribution is -0.214. The molecule has 36 heavy (non-hydrogen) atoms. The van der Waals surface area contributed by atoms with Gasteiger partial charge in [0.15, 0.2) is 5.65 Å². The molecule has 1 atom stereocenters. The van der Waals surface area contributed by atoms with Crippen molar-refractivity contribution in [3.8, 4) is 33.9 Å². The molecule has 11 heteroatoms. The number of aromatic amines is 1. The first-order valence-electron chi connectivity index (χ1n) is 10.7. The van der Waals surface area contributed by atoms with Crippen molar-refractivity contribution in [1.82, 2.24) is 25.1 Å². The van der Waals surface area contributed by atoms with E-state index in [4.69, 9.17) is 15.7 Å². The standard InChI is InChI=1S/C25H17F3N6O2/c26-25(27,24(35)36-28)22(29)16-8-6-15(7-9-16)20-21(14-4-2-1-3-5-14)33-23-19(31-20)11-10-17(32-23)18-12-13-30-34-18/h1-13,22H,29H2,(H,30,34). The zero-order chi connectivity index (χ0) is 25.3. The SMILES string of the molecule is NC(c1ccc(-c2nc3ccc(-c4ccn[nH]4)nc3nc2-c2ccccc2)cc1)C(F)(F)C(=O)OF. The molecule has 0 aliphatic heterocycles. The number of nitrogens with two attached hydrogens (primary N) is 1. The molecule has 5 aromatic rings. The zero-order valence-corrected chi connectivity index (χ0v) is 18.4. The van der Waals surface area contributed by atoms with Crippen molar-refractivity contribution in [2.45, 2.75) is 12.0 Å². The summed E-state index contributed by atoms with van der Waals surface area (Å²) in [6.07, 6.45) is 1.62. The molecule has 0 radical (unpaired) electrons. The predicted octanol–water partition coefficient (Wildman–Crippen LogP) is 4.81. The molecular formula is C25H17F3N6O2. The van der Waals surface area contributed by atoms with Crippen LogP contribution in [0.15, 0.2) is 79.0 Å². The minimum atomic E-state index is -4.24. The first-order valence-corrected chi connectivity index (χ1v) is 10.7. The van der Waals surface area contributed by atoms with Gasteiger partial charge in [-0.15, -0.1) is 0 Å². The molecule has 5 rings (SSSR count). The Morgan fingerprint density at radius 1 is 0.889 bits per heavy atom. The molecule has 3 aromatic heterocycles. The minimum absolute atomic E-state index is 0.0879. The van der Waals surface area contributed by atoms with Gasteiger partial charge in [-0.25, -0.2) is 24.7 Å². The quantitative estimate of drug-likeness (QED) is 0.350. The molecule has 0 amide bonds. The minimum Gasteiger partial charge on any atom is -0.318 e. The van der Waals surface area contributed by atoms with Crippen LogP contribution in [0.2, 0.25) is 0 Å². The smallest absolute Gasteiger partial charge is 0.318 e. The Labute approximate surface area is 201 Å². The van der Waals surface area contributed by atoms with Crippen LogP contribution in [0.3, 0.4) is 0 Å². The molecule has 0 spiro atoms. The van der Waals surface area contributed by atoms with E-state index in [0.717, 1.165) is 11.3 Å². The van der Waals surface area contributed by atoms with Crippen LogP contribution in [0, 0.1) is 0 Å². The normalized spacial score (nSPS) is 12.4. The van der Waals surface area contributed by atoms with Gasteiger partial charge in [0.25, 0.3) is 0 Å². The number of aromatic nitrogens is 5. The molecular weight excluding hydrogens is 473 g/mol. The number of hydrogen-bond donors (Lipinski definition) is 2. The summed E-state index contributed by atoms with van der Waals surface area (Å²) < 4.78 is 40.2. The summed E-state index contributed by atoms with van der Waals surface area (Å²) in [5.74, 6) is -6.60. The number of fused-ring (bicyclic) bond motifs is 1. The van der Waals surface area contributed by atoms with E-state index in [9.17, 15) is 18.1 Å². The van der Waals surface area contributed by atoms with Crippen molar-refractivity contribution in [3.63, 3.8) is 0 Å². The second-order valence-corrected chi connectivity index (χ2v) is 7.88. The van der Waals surface area contributed by atoms with Gasteiger partial charge >= 0.3 is 11.9 Å². The third-order valence-electron chi connectivity index (χ3n) is 5.63. The first kappa shape index (κ1) is 23.1.